The average molecular weight is 877 g/mol. The molecule has 0 saturated heterocycles. The number of carbonyl (C=O) groups excluding carboxylic acids is 6. The van der Waals surface area contributed by atoms with E-state index in [9.17, 15) is 28.8 Å². The summed E-state index contributed by atoms with van der Waals surface area (Å²) in [6.07, 6.45) is 13.1. The fourth-order valence-corrected chi connectivity index (χ4v) is 7.83. The van der Waals surface area contributed by atoms with Gasteiger partial charge in [-0.15, -0.1) is 0 Å². The van der Waals surface area contributed by atoms with Crippen molar-refractivity contribution in [3.8, 4) is 16.9 Å². The third-order valence-corrected chi connectivity index (χ3v) is 12.0. The van der Waals surface area contributed by atoms with Gasteiger partial charge in [-0.1, -0.05) is 76.5 Å². The molecule has 350 valence electrons. The van der Waals surface area contributed by atoms with Crippen molar-refractivity contribution in [2.45, 2.75) is 154 Å². The van der Waals surface area contributed by atoms with Crippen LogP contribution in [0.1, 0.15) is 139 Å². The fraction of sp³-hybridized carbons (Fsp3) is 0.625. The maximum atomic E-state index is 14.6. The number of nitrogens with one attached hydrogen (secondary N) is 5. The predicted octanol–water partition coefficient (Wildman–Crippen LogP) is 4.24. The molecule has 4 bridgehead atoms. The molecule has 2 aromatic carbocycles. The van der Waals surface area contributed by atoms with Gasteiger partial charge < -0.3 is 42.8 Å². The minimum Gasteiger partial charge on any atom is -0.492 e. The Morgan fingerprint density at radius 2 is 1.59 bits per heavy atom. The van der Waals surface area contributed by atoms with Crippen LogP contribution in [0, 0.1) is 0 Å². The summed E-state index contributed by atoms with van der Waals surface area (Å²) in [5.41, 5.74) is 14.2. The first-order chi connectivity index (χ1) is 30.3. The molecule has 0 saturated carbocycles. The van der Waals surface area contributed by atoms with Gasteiger partial charge in [0.25, 0.3) is 0 Å². The molecule has 0 spiro atoms. The number of aldehydes is 1. The zero-order chi connectivity index (χ0) is 46.3. The first-order valence-electron chi connectivity index (χ1n) is 23.1. The van der Waals surface area contributed by atoms with E-state index < -0.39 is 47.9 Å². The van der Waals surface area contributed by atoms with E-state index in [4.69, 9.17) is 16.2 Å². The maximum absolute atomic E-state index is 14.6. The Bertz CT molecular complexity index is 1790. The van der Waals surface area contributed by atoms with E-state index in [1.807, 2.05) is 11.8 Å². The van der Waals surface area contributed by atoms with Crippen LogP contribution in [0.4, 0.5) is 0 Å². The molecule has 15 heteroatoms. The number of unbranched alkanes of at least 4 members (excludes halogenated alkanes) is 8. The van der Waals surface area contributed by atoms with Gasteiger partial charge in [-0.2, -0.15) is 0 Å². The van der Waals surface area contributed by atoms with Crippen LogP contribution in [-0.4, -0.2) is 111 Å². The summed E-state index contributed by atoms with van der Waals surface area (Å²) in [5, 5.41) is 15.0. The smallest absolute Gasteiger partial charge is 0.243 e. The number of carbonyl (C=O) groups is 6. The molecule has 1 aliphatic heterocycles. The number of ketones is 1. The third-order valence-electron chi connectivity index (χ3n) is 12.0. The Morgan fingerprint density at radius 1 is 0.873 bits per heavy atom. The van der Waals surface area contributed by atoms with Gasteiger partial charge >= 0.3 is 0 Å². The summed E-state index contributed by atoms with van der Waals surface area (Å²) < 4.78 is 6.07. The Morgan fingerprint density at radius 3 is 2.25 bits per heavy atom. The summed E-state index contributed by atoms with van der Waals surface area (Å²) in [6, 6.07) is 5.67. The second kappa shape index (κ2) is 28.2. The van der Waals surface area contributed by atoms with Crippen molar-refractivity contribution in [3.05, 3.63) is 53.1 Å². The lowest BCUT2D eigenvalue weighted by molar-refractivity contribution is -0.134. The molecule has 6 atom stereocenters. The first kappa shape index (κ1) is 52.6. The Hall–Kier alpha value is -4.70. The van der Waals surface area contributed by atoms with Crippen molar-refractivity contribution in [1.82, 2.24) is 31.5 Å². The molecular weight excluding hydrogens is 801 g/mol. The Kier molecular flexibility index (Phi) is 23.5. The van der Waals surface area contributed by atoms with E-state index in [0.717, 1.165) is 32.1 Å². The van der Waals surface area contributed by atoms with Crippen LogP contribution in [0.25, 0.3) is 11.1 Å². The standard InChI is InChI=1S/C48H76N8O7/c1-7-8-9-10-11-12-13-16-25-51-26-22-44(59)54-41(17-14-15-23-49)34(4)56(6)45-37-19-20-38(31-57)39(30-37)40-28-36(18-21-43(40)63-27-24-50)29-42(47(61)52-32(2)35(5)58)55-46(60)33(3)53-48(45)62/h18-21,28,30-34,41-42,45,51H,7-17,22-27,29,49-50H2,1-6H3,(H,52,61)(H,53,62)(H,54,59)(H,55,60)/t32-,33-,34?,41-,42-,45-/m0/s1. The molecule has 15 nitrogen and oxygen atoms in total. The van der Waals surface area contributed by atoms with Crippen LogP contribution >= 0.6 is 0 Å². The van der Waals surface area contributed by atoms with E-state index in [0.29, 0.717) is 59.5 Å². The van der Waals surface area contributed by atoms with Gasteiger partial charge in [0.15, 0.2) is 12.1 Å². The van der Waals surface area contributed by atoms with Crippen LogP contribution in [-0.2, 0) is 30.4 Å². The minimum absolute atomic E-state index is 0.0264. The molecule has 1 heterocycles. The van der Waals surface area contributed by atoms with Gasteiger partial charge in [0.05, 0.1) is 6.04 Å². The van der Waals surface area contributed by atoms with E-state index in [1.165, 1.54) is 58.8 Å². The predicted molar refractivity (Wildman–Crippen MR) is 248 cm³/mol. The van der Waals surface area contributed by atoms with Crippen molar-refractivity contribution in [2.24, 2.45) is 11.5 Å². The molecule has 63 heavy (non-hydrogen) atoms. The Labute approximate surface area is 375 Å². The molecule has 1 aliphatic rings. The first-order valence-corrected chi connectivity index (χ1v) is 23.1. The van der Waals surface area contributed by atoms with E-state index in [-0.39, 0.29) is 37.3 Å². The highest BCUT2D eigenvalue weighted by molar-refractivity contribution is 5.96. The lowest BCUT2D eigenvalue weighted by atomic mass is 9.90. The molecule has 0 radical (unpaired) electrons. The topological polar surface area (TPSA) is 227 Å². The van der Waals surface area contributed by atoms with Gasteiger partial charge in [-0.05, 0) is 102 Å². The lowest BCUT2D eigenvalue weighted by Gasteiger charge is -2.38. The van der Waals surface area contributed by atoms with Crippen molar-refractivity contribution in [2.75, 3.05) is 39.8 Å². The zero-order valence-corrected chi connectivity index (χ0v) is 38.7. The Balaban J connectivity index is 1.98. The van der Waals surface area contributed by atoms with Gasteiger partial charge in [-0.3, -0.25) is 33.7 Å². The van der Waals surface area contributed by atoms with Crippen molar-refractivity contribution in [3.63, 3.8) is 0 Å². The second-order valence-electron chi connectivity index (χ2n) is 17.0. The number of amides is 4. The quantitative estimate of drug-likeness (QED) is 0.0497. The summed E-state index contributed by atoms with van der Waals surface area (Å²) >= 11 is 0. The number of ether oxygens (including phenoxy) is 1. The zero-order valence-electron chi connectivity index (χ0n) is 38.7. The highest BCUT2D eigenvalue weighted by atomic mass is 16.5. The van der Waals surface area contributed by atoms with Gasteiger partial charge in [0.1, 0.15) is 30.5 Å². The number of fused-ring (bicyclic) bond motifs is 5. The van der Waals surface area contributed by atoms with Crippen LogP contribution in [0.15, 0.2) is 36.4 Å². The van der Waals surface area contributed by atoms with Gasteiger partial charge in [-0.25, -0.2) is 0 Å². The van der Waals surface area contributed by atoms with Gasteiger partial charge in [0.2, 0.25) is 23.6 Å². The molecular formula is C48H76N8O7. The number of Topliss-reactive ketones (excluding diaryl/α,β-unsaturated/α-hetero) is 1. The summed E-state index contributed by atoms with van der Waals surface area (Å²) in [7, 11) is 1.80. The van der Waals surface area contributed by atoms with Crippen molar-refractivity contribution in [1.29, 1.82) is 0 Å². The van der Waals surface area contributed by atoms with Crippen LogP contribution in [0.2, 0.25) is 0 Å². The summed E-state index contributed by atoms with van der Waals surface area (Å²) in [4.78, 5) is 82.1. The third kappa shape index (κ3) is 17.1. The average Bonchev–Trinajstić information content (AvgIpc) is 3.26. The number of likely N-dealkylation sites (N-methyl/N-ethyl adjacent to an activating group) is 1. The molecule has 9 N–H and O–H groups in total. The number of benzene rings is 2. The monoisotopic (exact) mass is 877 g/mol. The molecule has 3 rings (SSSR count). The fourth-order valence-electron chi connectivity index (χ4n) is 7.83. The van der Waals surface area contributed by atoms with Crippen LogP contribution in [0.3, 0.4) is 0 Å². The largest absolute Gasteiger partial charge is 0.492 e. The SMILES string of the molecule is CCCCCCCCCCNCCC(=O)N[C@@H](CCCCN)C(C)N(C)[C@@H]1C(=O)N[C@@H](C)C(=O)N[C@H](C(=O)N[C@@H](C)C(C)=O)Cc2ccc(OCCN)c(c2)-c2cc1ccc2C=O. The summed E-state index contributed by atoms with van der Waals surface area (Å²) in [5.74, 6) is -1.62. The highest BCUT2D eigenvalue weighted by Gasteiger charge is 2.35. The number of hydrogen-bond donors (Lipinski definition) is 7. The summed E-state index contributed by atoms with van der Waals surface area (Å²) in [6.45, 7) is 11.0. The molecule has 2 aromatic rings. The van der Waals surface area contributed by atoms with Crippen molar-refractivity contribution >= 4 is 35.7 Å². The molecule has 4 amide bonds. The number of rotatable bonds is 27. The van der Waals surface area contributed by atoms with Gasteiger partial charge in [0, 0.05) is 49.1 Å². The maximum Gasteiger partial charge on any atom is 0.243 e. The number of nitrogens with zero attached hydrogens (tertiary/aromatic N) is 1. The van der Waals surface area contributed by atoms with E-state index in [2.05, 4.69) is 33.5 Å². The molecule has 0 aliphatic carbocycles. The van der Waals surface area contributed by atoms with Crippen LogP contribution in [0.5, 0.6) is 5.75 Å². The molecule has 0 fully saturated rings. The molecule has 1 unspecified atom stereocenters. The second-order valence-corrected chi connectivity index (χ2v) is 17.0. The highest BCUT2D eigenvalue weighted by Crippen LogP contribution is 2.37. The lowest BCUT2D eigenvalue weighted by Crippen LogP contribution is -2.57. The molecule has 0 aromatic heterocycles. The van der Waals surface area contributed by atoms with E-state index in [1.54, 1.807) is 50.4 Å². The minimum atomic E-state index is -1.13. The number of nitrogens with two attached hydrogens (primary N) is 2. The van der Waals surface area contributed by atoms with Crippen molar-refractivity contribution < 1.29 is 33.5 Å². The number of hydrogen-bond acceptors (Lipinski definition) is 11. The van der Waals surface area contributed by atoms with Crippen LogP contribution < -0.4 is 42.8 Å². The van der Waals surface area contributed by atoms with E-state index >= 15 is 0 Å². The normalized spacial score (nSPS) is 18.0.